The van der Waals surface area contributed by atoms with Crippen LogP contribution in [0.3, 0.4) is 0 Å². The zero-order chi connectivity index (χ0) is 13.1. The Morgan fingerprint density at radius 3 is 3.00 bits per heavy atom. The van der Waals surface area contributed by atoms with E-state index in [0.717, 1.165) is 41.5 Å². The van der Waals surface area contributed by atoms with Crippen molar-refractivity contribution in [2.24, 2.45) is 0 Å². The van der Waals surface area contributed by atoms with Crippen LogP contribution in [-0.4, -0.2) is 41.0 Å². The highest BCUT2D eigenvalue weighted by atomic mass is 35.5. The van der Waals surface area contributed by atoms with Gasteiger partial charge in [-0.2, -0.15) is 0 Å². The van der Waals surface area contributed by atoms with Crippen molar-refractivity contribution in [1.29, 1.82) is 0 Å². The average molecular weight is 279 g/mol. The minimum Gasteiger partial charge on any atom is -0.341 e. The van der Waals surface area contributed by atoms with Crippen LogP contribution in [0.1, 0.15) is 18.7 Å². The van der Waals surface area contributed by atoms with Gasteiger partial charge in [0.25, 0.3) is 0 Å². The first kappa shape index (κ1) is 12.9. The SMILES string of the molecule is Clc1ccc2nc(CNCCN3CCCC3)[nH]c2c1. The fraction of sp³-hybridized carbons (Fsp3) is 0.500. The summed E-state index contributed by atoms with van der Waals surface area (Å²) in [5.41, 5.74) is 1.98. The van der Waals surface area contributed by atoms with Gasteiger partial charge in [-0.15, -0.1) is 0 Å². The van der Waals surface area contributed by atoms with Gasteiger partial charge in [0.15, 0.2) is 0 Å². The van der Waals surface area contributed by atoms with Crippen molar-refractivity contribution >= 4 is 22.6 Å². The van der Waals surface area contributed by atoms with Gasteiger partial charge in [0.2, 0.25) is 0 Å². The molecule has 1 saturated heterocycles. The van der Waals surface area contributed by atoms with Crippen LogP contribution >= 0.6 is 11.6 Å². The van der Waals surface area contributed by atoms with E-state index < -0.39 is 0 Å². The van der Waals surface area contributed by atoms with E-state index in [4.69, 9.17) is 11.6 Å². The third kappa shape index (κ3) is 3.26. The first-order valence-corrected chi connectivity index (χ1v) is 7.26. The number of aromatic nitrogens is 2. The molecule has 0 bridgehead atoms. The van der Waals surface area contributed by atoms with Crippen molar-refractivity contribution in [2.75, 3.05) is 26.2 Å². The maximum atomic E-state index is 5.96. The van der Waals surface area contributed by atoms with Crippen LogP contribution in [0.4, 0.5) is 0 Å². The molecule has 0 spiro atoms. The van der Waals surface area contributed by atoms with Crippen LogP contribution in [0, 0.1) is 0 Å². The molecule has 1 aliphatic heterocycles. The second-order valence-corrected chi connectivity index (χ2v) is 5.51. The van der Waals surface area contributed by atoms with E-state index in [0.29, 0.717) is 0 Å². The summed E-state index contributed by atoms with van der Waals surface area (Å²) >= 11 is 5.96. The average Bonchev–Trinajstić information content (AvgIpc) is 3.02. The molecule has 0 aliphatic carbocycles. The maximum Gasteiger partial charge on any atom is 0.121 e. The molecule has 0 radical (unpaired) electrons. The van der Waals surface area contributed by atoms with Gasteiger partial charge >= 0.3 is 0 Å². The molecule has 2 N–H and O–H groups in total. The molecule has 1 aromatic heterocycles. The van der Waals surface area contributed by atoms with E-state index in [9.17, 15) is 0 Å². The van der Waals surface area contributed by atoms with Crippen LogP contribution in [0.15, 0.2) is 18.2 Å². The van der Waals surface area contributed by atoms with Crippen LogP contribution in [-0.2, 0) is 6.54 Å². The Hall–Kier alpha value is -1.10. The molecule has 3 rings (SSSR count). The molecule has 102 valence electrons. The number of nitrogens with zero attached hydrogens (tertiary/aromatic N) is 2. The number of H-pyrrole nitrogens is 1. The molecule has 4 nitrogen and oxygen atoms in total. The van der Waals surface area contributed by atoms with Gasteiger partial charge in [-0.05, 0) is 44.1 Å². The van der Waals surface area contributed by atoms with E-state index in [2.05, 4.69) is 20.2 Å². The fourth-order valence-electron chi connectivity index (χ4n) is 2.57. The highest BCUT2D eigenvalue weighted by Gasteiger charge is 2.10. The molecular weight excluding hydrogens is 260 g/mol. The summed E-state index contributed by atoms with van der Waals surface area (Å²) in [6.45, 7) is 5.43. The number of halogens is 1. The summed E-state index contributed by atoms with van der Waals surface area (Å²) in [7, 11) is 0. The van der Waals surface area contributed by atoms with E-state index >= 15 is 0 Å². The number of benzene rings is 1. The van der Waals surface area contributed by atoms with E-state index in [-0.39, 0.29) is 0 Å². The lowest BCUT2D eigenvalue weighted by Gasteiger charge is -2.14. The van der Waals surface area contributed by atoms with E-state index in [1.165, 1.54) is 25.9 Å². The Morgan fingerprint density at radius 1 is 1.32 bits per heavy atom. The number of imidazole rings is 1. The second-order valence-electron chi connectivity index (χ2n) is 5.07. The van der Waals surface area contributed by atoms with Crippen LogP contribution in [0.25, 0.3) is 11.0 Å². The van der Waals surface area contributed by atoms with Crippen molar-refractivity contribution in [1.82, 2.24) is 20.2 Å². The standard InChI is InChI=1S/C14H19ClN4/c15-11-3-4-12-13(9-11)18-14(17-12)10-16-5-8-19-6-1-2-7-19/h3-4,9,16H,1-2,5-8,10H2,(H,17,18). The smallest absolute Gasteiger partial charge is 0.121 e. The lowest BCUT2D eigenvalue weighted by atomic mass is 10.3. The molecule has 0 unspecified atom stereocenters. The molecule has 1 fully saturated rings. The topological polar surface area (TPSA) is 44.0 Å². The van der Waals surface area contributed by atoms with E-state index in [1.807, 2.05) is 18.2 Å². The molecule has 0 saturated carbocycles. The molecule has 0 amide bonds. The van der Waals surface area contributed by atoms with Crippen LogP contribution < -0.4 is 5.32 Å². The number of rotatable bonds is 5. The normalized spacial score (nSPS) is 16.5. The Morgan fingerprint density at radius 2 is 2.16 bits per heavy atom. The molecule has 2 aromatic rings. The van der Waals surface area contributed by atoms with Crippen LogP contribution in [0.5, 0.6) is 0 Å². The molecule has 19 heavy (non-hydrogen) atoms. The largest absolute Gasteiger partial charge is 0.341 e. The first-order chi connectivity index (χ1) is 9.31. The van der Waals surface area contributed by atoms with E-state index in [1.54, 1.807) is 0 Å². The highest BCUT2D eigenvalue weighted by molar-refractivity contribution is 6.31. The maximum absolute atomic E-state index is 5.96. The molecule has 1 aromatic carbocycles. The molecule has 1 aliphatic rings. The van der Waals surface area contributed by atoms with Gasteiger partial charge in [0, 0.05) is 18.1 Å². The van der Waals surface area contributed by atoms with Crippen LogP contribution in [0.2, 0.25) is 5.02 Å². The monoisotopic (exact) mass is 278 g/mol. The van der Waals surface area contributed by atoms with Gasteiger partial charge < -0.3 is 15.2 Å². The summed E-state index contributed by atoms with van der Waals surface area (Å²) in [4.78, 5) is 10.3. The minimum absolute atomic E-state index is 0.740. The van der Waals surface area contributed by atoms with Crippen molar-refractivity contribution in [3.63, 3.8) is 0 Å². The molecule has 5 heteroatoms. The Balaban J connectivity index is 1.50. The lowest BCUT2D eigenvalue weighted by molar-refractivity contribution is 0.335. The third-order valence-electron chi connectivity index (χ3n) is 3.59. The number of likely N-dealkylation sites (tertiary alicyclic amines) is 1. The van der Waals surface area contributed by atoms with Gasteiger partial charge in [-0.3, -0.25) is 0 Å². The van der Waals surface area contributed by atoms with Gasteiger partial charge in [-0.25, -0.2) is 4.98 Å². The van der Waals surface area contributed by atoms with Crippen molar-refractivity contribution in [3.8, 4) is 0 Å². The second kappa shape index (κ2) is 5.90. The number of nitrogens with one attached hydrogen (secondary N) is 2. The summed E-state index contributed by atoms with van der Waals surface area (Å²) in [6, 6.07) is 5.73. The first-order valence-electron chi connectivity index (χ1n) is 6.88. The Bertz CT molecular complexity index is 545. The Kier molecular flexibility index (Phi) is 4.01. The molecule has 2 heterocycles. The Labute approximate surface area is 118 Å². The zero-order valence-electron chi connectivity index (χ0n) is 11.0. The number of hydrogen-bond donors (Lipinski definition) is 2. The number of hydrogen-bond acceptors (Lipinski definition) is 3. The minimum atomic E-state index is 0.740. The van der Waals surface area contributed by atoms with Gasteiger partial charge in [-0.1, -0.05) is 11.6 Å². The lowest BCUT2D eigenvalue weighted by Crippen LogP contribution is -2.29. The van der Waals surface area contributed by atoms with Crippen molar-refractivity contribution in [3.05, 3.63) is 29.0 Å². The van der Waals surface area contributed by atoms with Crippen molar-refractivity contribution in [2.45, 2.75) is 19.4 Å². The summed E-state index contributed by atoms with van der Waals surface area (Å²) in [5.74, 6) is 0.971. The molecule has 0 atom stereocenters. The zero-order valence-corrected chi connectivity index (χ0v) is 11.7. The predicted molar refractivity (Wildman–Crippen MR) is 78.5 cm³/mol. The number of aromatic amines is 1. The highest BCUT2D eigenvalue weighted by Crippen LogP contribution is 2.17. The number of fused-ring (bicyclic) bond motifs is 1. The summed E-state index contributed by atoms with van der Waals surface area (Å²) < 4.78 is 0. The summed E-state index contributed by atoms with van der Waals surface area (Å²) in [5, 5.41) is 4.18. The van der Waals surface area contributed by atoms with Gasteiger partial charge in [0.1, 0.15) is 5.82 Å². The van der Waals surface area contributed by atoms with Crippen molar-refractivity contribution < 1.29 is 0 Å². The summed E-state index contributed by atoms with van der Waals surface area (Å²) in [6.07, 6.45) is 2.70. The quantitative estimate of drug-likeness (QED) is 0.826. The predicted octanol–water partition coefficient (Wildman–Crippen LogP) is 2.40. The third-order valence-corrected chi connectivity index (χ3v) is 3.82. The van der Waals surface area contributed by atoms with Gasteiger partial charge in [0.05, 0.1) is 17.6 Å². The molecular formula is C14H19ClN4. The fourth-order valence-corrected chi connectivity index (χ4v) is 2.74.